The van der Waals surface area contributed by atoms with E-state index >= 15 is 0 Å². The highest BCUT2D eigenvalue weighted by Gasteiger charge is 2.32. The van der Waals surface area contributed by atoms with Gasteiger partial charge in [0.05, 0.1) is 11.6 Å². The summed E-state index contributed by atoms with van der Waals surface area (Å²) in [5, 5.41) is 12.1. The van der Waals surface area contributed by atoms with Gasteiger partial charge in [-0.15, -0.1) is 0 Å². The fourth-order valence-corrected chi connectivity index (χ4v) is 3.01. The number of ether oxygens (including phenoxy) is 1. The Bertz CT molecular complexity index is 719. The molecule has 0 spiro atoms. The molecule has 27 heavy (non-hydrogen) atoms. The molecule has 1 heterocycles. The SMILES string of the molecule is Cc1ccc(NC(=O)N2CC(C)CC(C(=O)O)C2)c(OCC(=O)N(C)C)c1. The minimum Gasteiger partial charge on any atom is -0.482 e. The molecule has 0 aromatic heterocycles. The number of carboxylic acids is 1. The zero-order chi connectivity index (χ0) is 20.1. The summed E-state index contributed by atoms with van der Waals surface area (Å²) in [5.74, 6) is -1.13. The second-order valence-corrected chi connectivity index (χ2v) is 7.29. The van der Waals surface area contributed by atoms with Gasteiger partial charge in [0.2, 0.25) is 0 Å². The number of rotatable bonds is 5. The summed E-state index contributed by atoms with van der Waals surface area (Å²) < 4.78 is 5.59. The van der Waals surface area contributed by atoms with E-state index in [-0.39, 0.29) is 31.0 Å². The molecule has 2 unspecified atom stereocenters. The number of nitrogens with zero attached hydrogens (tertiary/aromatic N) is 2. The summed E-state index contributed by atoms with van der Waals surface area (Å²) in [6.45, 7) is 4.35. The van der Waals surface area contributed by atoms with Crippen molar-refractivity contribution in [2.45, 2.75) is 20.3 Å². The first-order valence-electron chi connectivity index (χ1n) is 8.89. The quantitative estimate of drug-likeness (QED) is 0.818. The zero-order valence-electron chi connectivity index (χ0n) is 16.2. The number of hydrogen-bond acceptors (Lipinski definition) is 4. The van der Waals surface area contributed by atoms with E-state index in [4.69, 9.17) is 4.74 Å². The van der Waals surface area contributed by atoms with Crippen LogP contribution in [0, 0.1) is 18.8 Å². The van der Waals surface area contributed by atoms with Crippen LogP contribution in [0.25, 0.3) is 0 Å². The zero-order valence-corrected chi connectivity index (χ0v) is 16.2. The number of aryl methyl sites for hydroxylation is 1. The summed E-state index contributed by atoms with van der Waals surface area (Å²) in [5.41, 5.74) is 1.38. The highest BCUT2D eigenvalue weighted by atomic mass is 16.5. The van der Waals surface area contributed by atoms with E-state index < -0.39 is 11.9 Å². The van der Waals surface area contributed by atoms with Crippen LogP contribution in [0.5, 0.6) is 5.75 Å². The third-order valence-electron chi connectivity index (χ3n) is 4.52. The van der Waals surface area contributed by atoms with Crippen molar-refractivity contribution in [3.63, 3.8) is 0 Å². The first-order chi connectivity index (χ1) is 12.7. The van der Waals surface area contributed by atoms with Gasteiger partial charge in [0.1, 0.15) is 5.75 Å². The molecule has 2 atom stereocenters. The average Bonchev–Trinajstić information content (AvgIpc) is 2.60. The van der Waals surface area contributed by atoms with Gasteiger partial charge in [-0.1, -0.05) is 13.0 Å². The van der Waals surface area contributed by atoms with Gasteiger partial charge in [-0.05, 0) is 37.0 Å². The van der Waals surface area contributed by atoms with Gasteiger partial charge < -0.3 is 25.0 Å². The fraction of sp³-hybridized carbons (Fsp3) is 0.526. The number of likely N-dealkylation sites (N-methyl/N-ethyl adjacent to an activating group) is 1. The number of amides is 3. The molecule has 1 saturated heterocycles. The normalized spacial score (nSPS) is 19.3. The van der Waals surface area contributed by atoms with Crippen LogP contribution >= 0.6 is 0 Å². The lowest BCUT2D eigenvalue weighted by atomic mass is 9.91. The Balaban J connectivity index is 2.10. The fourth-order valence-electron chi connectivity index (χ4n) is 3.01. The number of urea groups is 1. The number of nitrogens with one attached hydrogen (secondary N) is 1. The van der Waals surface area contributed by atoms with Crippen molar-refractivity contribution >= 4 is 23.6 Å². The Labute approximate surface area is 159 Å². The van der Waals surface area contributed by atoms with Crippen LogP contribution in [0.15, 0.2) is 18.2 Å². The van der Waals surface area contributed by atoms with Gasteiger partial charge >= 0.3 is 12.0 Å². The number of aliphatic carboxylic acids is 1. The van der Waals surface area contributed by atoms with Gasteiger partial charge in [-0.25, -0.2) is 4.79 Å². The second-order valence-electron chi connectivity index (χ2n) is 7.29. The molecule has 2 rings (SSSR count). The molecule has 0 aliphatic carbocycles. The van der Waals surface area contributed by atoms with Crippen LogP contribution in [-0.2, 0) is 9.59 Å². The molecule has 1 fully saturated rings. The maximum atomic E-state index is 12.7. The lowest BCUT2D eigenvalue weighted by Crippen LogP contribution is -2.47. The lowest BCUT2D eigenvalue weighted by molar-refractivity contribution is -0.143. The summed E-state index contributed by atoms with van der Waals surface area (Å²) in [6.07, 6.45) is 0.560. The maximum absolute atomic E-state index is 12.7. The van der Waals surface area contributed by atoms with Crippen molar-refractivity contribution in [2.24, 2.45) is 11.8 Å². The Morgan fingerprint density at radius 3 is 2.63 bits per heavy atom. The number of piperidine rings is 1. The Morgan fingerprint density at radius 2 is 2.00 bits per heavy atom. The van der Waals surface area contributed by atoms with Crippen molar-refractivity contribution in [2.75, 3.05) is 39.1 Å². The van der Waals surface area contributed by atoms with Crippen LogP contribution in [-0.4, -0.2) is 66.6 Å². The minimum atomic E-state index is -0.888. The monoisotopic (exact) mass is 377 g/mol. The highest BCUT2D eigenvalue weighted by Crippen LogP contribution is 2.28. The second kappa shape index (κ2) is 8.75. The molecule has 3 amide bonds. The van der Waals surface area contributed by atoms with Gasteiger partial charge in [0.25, 0.3) is 5.91 Å². The Kier molecular flexibility index (Phi) is 6.65. The van der Waals surface area contributed by atoms with Crippen LogP contribution in [0.1, 0.15) is 18.9 Å². The van der Waals surface area contributed by atoms with E-state index in [2.05, 4.69) is 5.32 Å². The molecule has 148 valence electrons. The van der Waals surface area contributed by atoms with Crippen molar-refractivity contribution in [1.82, 2.24) is 9.80 Å². The number of carbonyl (C=O) groups is 3. The number of hydrogen-bond donors (Lipinski definition) is 2. The molecular formula is C19H27N3O5. The van der Waals surface area contributed by atoms with Crippen molar-refractivity contribution in [3.05, 3.63) is 23.8 Å². The maximum Gasteiger partial charge on any atom is 0.321 e. The molecule has 0 saturated carbocycles. The molecule has 2 N–H and O–H groups in total. The number of benzene rings is 1. The van der Waals surface area contributed by atoms with Crippen molar-refractivity contribution in [3.8, 4) is 5.75 Å². The molecule has 1 aliphatic heterocycles. The van der Waals surface area contributed by atoms with E-state index in [1.54, 1.807) is 26.2 Å². The third kappa shape index (κ3) is 5.60. The van der Waals surface area contributed by atoms with E-state index in [0.717, 1.165) is 5.56 Å². The van der Waals surface area contributed by atoms with Crippen LogP contribution in [0.4, 0.5) is 10.5 Å². The van der Waals surface area contributed by atoms with E-state index in [0.29, 0.717) is 24.4 Å². The molecule has 0 radical (unpaired) electrons. The smallest absolute Gasteiger partial charge is 0.321 e. The molecule has 1 aliphatic rings. The molecular weight excluding hydrogens is 350 g/mol. The van der Waals surface area contributed by atoms with E-state index in [1.165, 1.54) is 9.80 Å². The van der Waals surface area contributed by atoms with Gasteiger partial charge in [0, 0.05) is 27.2 Å². The first-order valence-corrected chi connectivity index (χ1v) is 8.89. The highest BCUT2D eigenvalue weighted by molar-refractivity contribution is 5.91. The van der Waals surface area contributed by atoms with Crippen molar-refractivity contribution in [1.29, 1.82) is 0 Å². The van der Waals surface area contributed by atoms with E-state index in [9.17, 15) is 19.5 Å². The predicted octanol–water partition coefficient (Wildman–Crippen LogP) is 2.04. The number of likely N-dealkylation sites (tertiary alicyclic amines) is 1. The molecule has 0 bridgehead atoms. The predicted molar refractivity (Wildman–Crippen MR) is 101 cm³/mol. The van der Waals surface area contributed by atoms with Gasteiger partial charge in [0.15, 0.2) is 6.61 Å². The lowest BCUT2D eigenvalue weighted by Gasteiger charge is -2.34. The number of carboxylic acid groups (broad SMARTS) is 1. The summed E-state index contributed by atoms with van der Waals surface area (Å²) in [7, 11) is 3.28. The van der Waals surface area contributed by atoms with Crippen LogP contribution in [0.2, 0.25) is 0 Å². The average molecular weight is 377 g/mol. The minimum absolute atomic E-state index is 0.108. The summed E-state index contributed by atoms with van der Waals surface area (Å²) >= 11 is 0. The molecule has 1 aromatic rings. The topological polar surface area (TPSA) is 99.2 Å². The third-order valence-corrected chi connectivity index (χ3v) is 4.52. The number of anilines is 1. The number of carbonyl (C=O) groups excluding carboxylic acids is 2. The molecule has 8 nitrogen and oxygen atoms in total. The Morgan fingerprint density at radius 1 is 1.30 bits per heavy atom. The van der Waals surface area contributed by atoms with Crippen LogP contribution < -0.4 is 10.1 Å². The molecule has 8 heteroatoms. The largest absolute Gasteiger partial charge is 0.482 e. The summed E-state index contributed by atoms with van der Waals surface area (Å²) in [6, 6.07) is 4.91. The summed E-state index contributed by atoms with van der Waals surface area (Å²) in [4.78, 5) is 38.7. The van der Waals surface area contributed by atoms with Gasteiger partial charge in [-0.3, -0.25) is 9.59 Å². The van der Waals surface area contributed by atoms with Crippen LogP contribution in [0.3, 0.4) is 0 Å². The standard InChI is InChI=1S/C19H27N3O5/c1-12-5-6-15(16(8-12)27-11-17(23)21(3)4)20-19(26)22-9-13(2)7-14(10-22)18(24)25/h5-6,8,13-14H,7,9-11H2,1-4H3,(H,20,26)(H,24,25). The molecule has 1 aromatic carbocycles. The van der Waals surface area contributed by atoms with Crippen molar-refractivity contribution < 1.29 is 24.2 Å². The van der Waals surface area contributed by atoms with Gasteiger partial charge in [-0.2, -0.15) is 0 Å². The first kappa shape index (κ1) is 20.5. The Hall–Kier alpha value is -2.77. The van der Waals surface area contributed by atoms with E-state index in [1.807, 2.05) is 19.9 Å².